The van der Waals surface area contributed by atoms with Gasteiger partial charge in [-0.25, -0.2) is 0 Å². The van der Waals surface area contributed by atoms with Crippen LogP contribution in [0.25, 0.3) is 0 Å². The van der Waals surface area contributed by atoms with Gasteiger partial charge in [0.05, 0.1) is 0 Å². The van der Waals surface area contributed by atoms with Crippen molar-refractivity contribution in [2.24, 2.45) is 5.92 Å². The second-order valence-corrected chi connectivity index (χ2v) is 8.87. The van der Waals surface area contributed by atoms with Crippen LogP contribution < -0.4 is 10.1 Å². The summed E-state index contributed by atoms with van der Waals surface area (Å²) in [4.78, 5) is 2.47. The average Bonchev–Trinajstić information content (AvgIpc) is 2.83. The lowest BCUT2D eigenvalue weighted by molar-refractivity contribution is 0.0271. The van der Waals surface area contributed by atoms with Crippen molar-refractivity contribution in [3.8, 4) is 5.75 Å². The number of nitrogens with one attached hydrogen (secondary N) is 1. The van der Waals surface area contributed by atoms with Crippen molar-refractivity contribution >= 4 is 0 Å². The smallest absolute Gasteiger partial charge is 0.119 e. The Morgan fingerprint density at radius 2 is 2.09 bits per heavy atom. The van der Waals surface area contributed by atoms with Gasteiger partial charge in [-0.3, -0.25) is 4.90 Å². The highest BCUT2D eigenvalue weighted by Gasteiger charge is 2.23. The highest BCUT2D eigenvalue weighted by molar-refractivity contribution is 5.28. The number of ether oxygens (including phenoxy) is 3. The second-order valence-electron chi connectivity index (χ2n) is 8.87. The predicted molar refractivity (Wildman–Crippen MR) is 131 cm³/mol. The van der Waals surface area contributed by atoms with Crippen LogP contribution in [0.1, 0.15) is 31.7 Å². The van der Waals surface area contributed by atoms with Crippen LogP contribution in [0.3, 0.4) is 0 Å². The molecule has 2 unspecified atom stereocenters. The molecule has 0 saturated carbocycles. The third kappa shape index (κ3) is 8.21. The number of hydrogen-bond donors (Lipinski definition) is 1. The van der Waals surface area contributed by atoms with Gasteiger partial charge in [-0.1, -0.05) is 55.5 Å². The maximum Gasteiger partial charge on any atom is 0.119 e. The highest BCUT2D eigenvalue weighted by atomic mass is 16.5. The number of likely N-dealkylation sites (tertiary alicyclic amines) is 1. The lowest BCUT2D eigenvalue weighted by Crippen LogP contribution is -2.42. The topological polar surface area (TPSA) is 43.0 Å². The first-order valence-corrected chi connectivity index (χ1v) is 11.9. The SMILES string of the molecule is C=C/C=C\C=C1\CN(CC(COc2cccc(CNC3CCOCC3)c2)OC)CCC1C. The van der Waals surface area contributed by atoms with Gasteiger partial charge in [-0.05, 0) is 49.4 Å². The van der Waals surface area contributed by atoms with E-state index in [0.29, 0.717) is 18.6 Å². The monoisotopic (exact) mass is 440 g/mol. The first kappa shape index (κ1) is 24.7. The standard InChI is InChI=1S/C27H40N2O3/c1-4-5-6-9-24-19-29(14-11-22(24)2)20-27(30-3)21-32-26-10-7-8-23(17-26)18-28-25-12-15-31-16-13-25/h4-10,17,22,25,27-28H,1,11-16,18-21H2,2-3H3/b6-5-,24-9-. The van der Waals surface area contributed by atoms with E-state index >= 15 is 0 Å². The lowest BCUT2D eigenvalue weighted by atomic mass is 9.92. The molecule has 2 atom stereocenters. The van der Waals surface area contributed by atoms with Crippen LogP contribution in [-0.2, 0) is 16.0 Å². The predicted octanol–water partition coefficient (Wildman–Crippen LogP) is 4.36. The molecule has 2 heterocycles. The number of allylic oxidation sites excluding steroid dienone is 4. The van der Waals surface area contributed by atoms with Crippen LogP contribution >= 0.6 is 0 Å². The van der Waals surface area contributed by atoms with Gasteiger partial charge < -0.3 is 19.5 Å². The van der Waals surface area contributed by atoms with Crippen LogP contribution in [0.2, 0.25) is 0 Å². The number of hydrogen-bond acceptors (Lipinski definition) is 5. The summed E-state index contributed by atoms with van der Waals surface area (Å²) < 4.78 is 17.3. The molecular weight excluding hydrogens is 400 g/mol. The van der Waals surface area contributed by atoms with Crippen molar-refractivity contribution < 1.29 is 14.2 Å². The van der Waals surface area contributed by atoms with E-state index in [2.05, 4.69) is 54.1 Å². The fraction of sp³-hybridized carbons (Fsp3) is 0.556. The Kier molecular flexibility index (Phi) is 10.5. The zero-order valence-electron chi connectivity index (χ0n) is 19.8. The molecule has 2 fully saturated rings. The minimum atomic E-state index is 0.0393. The molecule has 0 radical (unpaired) electrons. The third-order valence-electron chi connectivity index (χ3n) is 6.42. The number of rotatable bonds is 11. The molecule has 2 aliphatic heterocycles. The quantitative estimate of drug-likeness (QED) is 0.518. The molecule has 2 aliphatic rings. The van der Waals surface area contributed by atoms with Crippen molar-refractivity contribution in [1.29, 1.82) is 0 Å². The molecule has 0 aliphatic carbocycles. The zero-order valence-corrected chi connectivity index (χ0v) is 19.8. The van der Waals surface area contributed by atoms with Crippen LogP contribution in [0.5, 0.6) is 5.75 Å². The van der Waals surface area contributed by atoms with Gasteiger partial charge in [-0.2, -0.15) is 0 Å². The first-order valence-electron chi connectivity index (χ1n) is 11.9. The normalized spacial score (nSPS) is 22.9. The van der Waals surface area contributed by atoms with Crippen molar-refractivity contribution in [2.75, 3.05) is 46.6 Å². The lowest BCUT2D eigenvalue weighted by Gasteiger charge is -2.34. The number of methoxy groups -OCH3 is 1. The van der Waals surface area contributed by atoms with E-state index in [0.717, 1.165) is 58.0 Å². The maximum atomic E-state index is 6.12. The number of nitrogens with zero attached hydrogens (tertiary/aromatic N) is 1. The van der Waals surface area contributed by atoms with Crippen LogP contribution in [0.15, 0.2) is 60.7 Å². The third-order valence-corrected chi connectivity index (χ3v) is 6.42. The molecule has 3 rings (SSSR count). The fourth-order valence-electron chi connectivity index (χ4n) is 4.27. The molecule has 5 heteroatoms. The van der Waals surface area contributed by atoms with Crippen molar-refractivity contribution in [3.63, 3.8) is 0 Å². The van der Waals surface area contributed by atoms with E-state index in [-0.39, 0.29) is 6.10 Å². The van der Waals surface area contributed by atoms with Gasteiger partial charge in [0.1, 0.15) is 18.5 Å². The zero-order chi connectivity index (χ0) is 22.6. The Bertz CT molecular complexity index is 755. The number of benzene rings is 1. The summed E-state index contributed by atoms with van der Waals surface area (Å²) in [5.41, 5.74) is 2.71. The van der Waals surface area contributed by atoms with Gasteiger partial charge in [0.25, 0.3) is 0 Å². The van der Waals surface area contributed by atoms with Crippen LogP contribution in [0.4, 0.5) is 0 Å². The minimum Gasteiger partial charge on any atom is -0.491 e. The number of piperidine rings is 1. The van der Waals surface area contributed by atoms with E-state index in [4.69, 9.17) is 14.2 Å². The summed E-state index contributed by atoms with van der Waals surface area (Å²) in [5, 5.41) is 3.64. The molecule has 176 valence electrons. The molecule has 1 N–H and O–H groups in total. The average molecular weight is 441 g/mol. The Labute approximate surface area is 194 Å². The van der Waals surface area contributed by atoms with E-state index in [1.54, 1.807) is 7.11 Å². The summed E-state index contributed by atoms with van der Waals surface area (Å²) in [6, 6.07) is 8.92. The fourth-order valence-corrected chi connectivity index (χ4v) is 4.27. The van der Waals surface area contributed by atoms with Gasteiger partial charge in [-0.15, -0.1) is 0 Å². The largest absolute Gasteiger partial charge is 0.491 e. The van der Waals surface area contributed by atoms with E-state index < -0.39 is 0 Å². The van der Waals surface area contributed by atoms with Crippen molar-refractivity contribution in [2.45, 2.75) is 44.9 Å². The van der Waals surface area contributed by atoms with Crippen LogP contribution in [-0.4, -0.2) is 63.6 Å². The van der Waals surface area contributed by atoms with Gasteiger partial charge in [0.2, 0.25) is 0 Å². The van der Waals surface area contributed by atoms with E-state index in [1.807, 2.05) is 18.2 Å². The molecule has 0 spiro atoms. The Morgan fingerprint density at radius 1 is 1.25 bits per heavy atom. The Hall–Kier alpha value is -1.92. The molecule has 1 aromatic carbocycles. The summed E-state index contributed by atoms with van der Waals surface area (Å²) in [6.07, 6.45) is 11.5. The van der Waals surface area contributed by atoms with E-state index in [1.165, 1.54) is 17.6 Å². The molecule has 0 bridgehead atoms. The molecule has 2 saturated heterocycles. The Balaban J connectivity index is 1.46. The van der Waals surface area contributed by atoms with Crippen molar-refractivity contribution in [3.05, 3.63) is 66.3 Å². The van der Waals surface area contributed by atoms with Gasteiger partial charge >= 0.3 is 0 Å². The van der Waals surface area contributed by atoms with Crippen molar-refractivity contribution in [1.82, 2.24) is 10.2 Å². The first-order chi connectivity index (χ1) is 15.7. The molecular formula is C27H40N2O3. The van der Waals surface area contributed by atoms with E-state index in [9.17, 15) is 0 Å². The molecule has 0 aromatic heterocycles. The minimum absolute atomic E-state index is 0.0393. The highest BCUT2D eigenvalue weighted by Crippen LogP contribution is 2.23. The summed E-state index contributed by atoms with van der Waals surface area (Å²) in [6.45, 7) is 12.1. The summed E-state index contributed by atoms with van der Waals surface area (Å²) in [5.74, 6) is 1.52. The van der Waals surface area contributed by atoms with Crippen LogP contribution in [0, 0.1) is 5.92 Å². The Morgan fingerprint density at radius 3 is 2.88 bits per heavy atom. The second kappa shape index (κ2) is 13.6. The molecule has 32 heavy (non-hydrogen) atoms. The molecule has 5 nitrogen and oxygen atoms in total. The van der Waals surface area contributed by atoms with Gasteiger partial charge in [0, 0.05) is 46.0 Å². The maximum absolute atomic E-state index is 6.12. The summed E-state index contributed by atoms with van der Waals surface area (Å²) >= 11 is 0. The summed E-state index contributed by atoms with van der Waals surface area (Å²) in [7, 11) is 1.78. The molecule has 1 aromatic rings. The van der Waals surface area contributed by atoms with Gasteiger partial charge in [0.15, 0.2) is 0 Å². The molecule has 0 amide bonds.